The van der Waals surface area contributed by atoms with Gasteiger partial charge in [-0.1, -0.05) is 56.0 Å². The number of furan rings is 1. The van der Waals surface area contributed by atoms with Gasteiger partial charge in [-0.15, -0.1) is 0 Å². The number of nitrogens with zero attached hydrogens (tertiary/aromatic N) is 2. The minimum atomic E-state index is -0.218. The number of hydrogen-bond donors (Lipinski definition) is 0. The van der Waals surface area contributed by atoms with Crippen molar-refractivity contribution in [2.45, 2.75) is 31.0 Å². The molecule has 2 aromatic carbocycles. The van der Waals surface area contributed by atoms with Gasteiger partial charge in [-0.2, -0.15) is 0 Å². The Morgan fingerprint density at radius 1 is 0.897 bits per heavy atom. The standard InChI is InChI=1S/C25H19BN2O/c26-25(10-3-4-11-25)18-9-12-27-21(14-18)16-7-8-20-22(13-16)29-24-23(20)19-6-2-1-5-17(19)15-28-24/h1-2,5-9,12-15H,3-4,10-11H2. The molecule has 0 unspecified atom stereocenters. The summed E-state index contributed by atoms with van der Waals surface area (Å²) in [6, 6.07) is 18.8. The molecule has 0 saturated heterocycles. The van der Waals surface area contributed by atoms with Crippen LogP contribution in [0, 0.1) is 0 Å². The Morgan fingerprint density at radius 2 is 1.76 bits per heavy atom. The van der Waals surface area contributed by atoms with Gasteiger partial charge in [0.15, 0.2) is 0 Å². The highest BCUT2D eigenvalue weighted by atomic mass is 16.3. The molecule has 0 N–H and O–H groups in total. The van der Waals surface area contributed by atoms with Crippen molar-refractivity contribution in [2.75, 3.05) is 0 Å². The quantitative estimate of drug-likeness (QED) is 0.349. The van der Waals surface area contributed by atoms with Gasteiger partial charge in [0.05, 0.1) is 18.9 Å². The Kier molecular flexibility index (Phi) is 3.58. The number of fused-ring (bicyclic) bond motifs is 5. The van der Waals surface area contributed by atoms with E-state index in [-0.39, 0.29) is 5.31 Å². The minimum absolute atomic E-state index is 0.218. The van der Waals surface area contributed by atoms with Crippen LogP contribution in [-0.2, 0) is 5.31 Å². The van der Waals surface area contributed by atoms with Gasteiger partial charge in [0.1, 0.15) is 5.58 Å². The summed E-state index contributed by atoms with van der Waals surface area (Å²) in [5, 5.41) is 4.21. The second kappa shape index (κ2) is 6.18. The molecule has 0 aliphatic heterocycles. The molecular weight excluding hydrogens is 355 g/mol. The van der Waals surface area contributed by atoms with Gasteiger partial charge in [0.25, 0.3) is 0 Å². The van der Waals surface area contributed by atoms with Crippen LogP contribution >= 0.6 is 0 Å². The highest BCUT2D eigenvalue weighted by Gasteiger charge is 2.30. The lowest BCUT2D eigenvalue weighted by molar-refractivity contribution is 0.635. The van der Waals surface area contributed by atoms with E-state index in [0.717, 1.165) is 51.2 Å². The molecule has 0 spiro atoms. The van der Waals surface area contributed by atoms with E-state index in [1.807, 2.05) is 18.5 Å². The molecule has 3 aromatic heterocycles. The van der Waals surface area contributed by atoms with Crippen LogP contribution in [-0.4, -0.2) is 17.8 Å². The summed E-state index contributed by atoms with van der Waals surface area (Å²) in [4.78, 5) is 9.14. The third kappa shape index (κ3) is 2.59. The number of aromatic nitrogens is 2. The van der Waals surface area contributed by atoms with Crippen LogP contribution in [0.5, 0.6) is 0 Å². The Labute approximate surface area is 170 Å². The molecule has 3 nitrogen and oxygen atoms in total. The first kappa shape index (κ1) is 16.8. The summed E-state index contributed by atoms with van der Waals surface area (Å²) in [7, 11) is 6.67. The summed E-state index contributed by atoms with van der Waals surface area (Å²) in [6.07, 6.45) is 8.21. The van der Waals surface area contributed by atoms with Crippen molar-refractivity contribution in [3.63, 3.8) is 0 Å². The molecule has 2 radical (unpaired) electrons. The summed E-state index contributed by atoms with van der Waals surface area (Å²) in [5.41, 5.74) is 4.64. The fraction of sp³-hybridized carbons (Fsp3) is 0.200. The molecule has 1 aliphatic rings. The lowest BCUT2D eigenvalue weighted by Gasteiger charge is -2.25. The SMILES string of the molecule is [B]C1(c2ccnc(-c3ccc4c(c3)oc3ncc5ccccc5c34)c2)CCCC1. The minimum Gasteiger partial charge on any atom is -0.438 e. The maximum Gasteiger partial charge on any atom is 0.227 e. The van der Waals surface area contributed by atoms with E-state index in [1.54, 1.807) is 0 Å². The first-order valence-electron chi connectivity index (χ1n) is 10.2. The van der Waals surface area contributed by atoms with Gasteiger partial charge in [-0.3, -0.25) is 4.98 Å². The zero-order valence-corrected chi connectivity index (χ0v) is 16.1. The Bertz CT molecular complexity index is 1380. The zero-order chi connectivity index (χ0) is 19.4. The van der Waals surface area contributed by atoms with Gasteiger partial charge in [-0.25, -0.2) is 4.98 Å². The number of pyridine rings is 2. The molecule has 138 valence electrons. The Morgan fingerprint density at radius 3 is 2.66 bits per heavy atom. The molecule has 3 heterocycles. The fourth-order valence-electron chi connectivity index (χ4n) is 4.75. The first-order valence-corrected chi connectivity index (χ1v) is 10.2. The van der Waals surface area contributed by atoms with Crippen LogP contribution in [0.2, 0.25) is 0 Å². The van der Waals surface area contributed by atoms with Gasteiger partial charge in [-0.05, 0) is 40.5 Å². The second-order valence-electron chi connectivity index (χ2n) is 8.13. The van der Waals surface area contributed by atoms with E-state index in [1.165, 1.54) is 18.4 Å². The summed E-state index contributed by atoms with van der Waals surface area (Å²) in [5.74, 6) is 0. The van der Waals surface area contributed by atoms with E-state index < -0.39 is 0 Å². The van der Waals surface area contributed by atoms with Crippen LogP contribution < -0.4 is 0 Å². The first-order chi connectivity index (χ1) is 14.2. The monoisotopic (exact) mass is 374 g/mol. The molecule has 1 saturated carbocycles. The molecular formula is C25H19BN2O. The largest absolute Gasteiger partial charge is 0.438 e. The fourth-order valence-corrected chi connectivity index (χ4v) is 4.75. The average Bonchev–Trinajstić information content (AvgIpc) is 3.38. The smallest absolute Gasteiger partial charge is 0.227 e. The molecule has 4 heteroatoms. The molecule has 0 bridgehead atoms. The van der Waals surface area contributed by atoms with Crippen molar-refractivity contribution in [1.82, 2.24) is 9.97 Å². The van der Waals surface area contributed by atoms with Crippen molar-refractivity contribution < 1.29 is 4.42 Å². The van der Waals surface area contributed by atoms with E-state index in [2.05, 4.69) is 58.5 Å². The summed E-state index contributed by atoms with van der Waals surface area (Å²) < 4.78 is 6.11. The predicted octanol–water partition coefficient (Wildman–Crippen LogP) is 6.13. The maximum absolute atomic E-state index is 6.67. The lowest BCUT2D eigenvalue weighted by atomic mass is 9.63. The summed E-state index contributed by atoms with van der Waals surface area (Å²) in [6.45, 7) is 0. The molecule has 0 amide bonds. The number of benzene rings is 2. The van der Waals surface area contributed by atoms with Crippen molar-refractivity contribution >= 4 is 40.7 Å². The maximum atomic E-state index is 6.67. The van der Waals surface area contributed by atoms with Crippen LogP contribution in [0.4, 0.5) is 0 Å². The highest BCUT2D eigenvalue weighted by molar-refractivity contribution is 6.18. The topological polar surface area (TPSA) is 38.9 Å². The van der Waals surface area contributed by atoms with Crippen LogP contribution in [0.3, 0.4) is 0 Å². The molecule has 0 atom stereocenters. The van der Waals surface area contributed by atoms with Crippen molar-refractivity contribution in [2.24, 2.45) is 0 Å². The molecule has 29 heavy (non-hydrogen) atoms. The van der Waals surface area contributed by atoms with Gasteiger partial charge in [0, 0.05) is 28.7 Å². The Hall–Kier alpha value is -3.14. The van der Waals surface area contributed by atoms with Crippen LogP contribution in [0.15, 0.2) is 71.4 Å². The molecule has 1 fully saturated rings. The van der Waals surface area contributed by atoms with Gasteiger partial charge < -0.3 is 4.42 Å². The third-order valence-electron chi connectivity index (χ3n) is 6.35. The number of hydrogen-bond acceptors (Lipinski definition) is 3. The molecule has 1 aliphatic carbocycles. The van der Waals surface area contributed by atoms with E-state index in [0.29, 0.717) is 5.71 Å². The van der Waals surface area contributed by atoms with Crippen LogP contribution in [0.1, 0.15) is 31.2 Å². The molecule has 5 aromatic rings. The Balaban J connectivity index is 1.51. The second-order valence-corrected chi connectivity index (χ2v) is 8.13. The van der Waals surface area contributed by atoms with Crippen molar-refractivity contribution in [3.8, 4) is 11.3 Å². The predicted molar refractivity (Wildman–Crippen MR) is 118 cm³/mol. The third-order valence-corrected chi connectivity index (χ3v) is 6.35. The van der Waals surface area contributed by atoms with E-state index >= 15 is 0 Å². The van der Waals surface area contributed by atoms with Crippen LogP contribution in [0.25, 0.3) is 44.1 Å². The van der Waals surface area contributed by atoms with Crippen molar-refractivity contribution in [1.29, 1.82) is 0 Å². The highest BCUT2D eigenvalue weighted by Crippen LogP contribution is 2.39. The normalized spacial score (nSPS) is 16.1. The van der Waals surface area contributed by atoms with Gasteiger partial charge >= 0.3 is 0 Å². The van der Waals surface area contributed by atoms with Gasteiger partial charge in [0.2, 0.25) is 5.71 Å². The summed E-state index contributed by atoms with van der Waals surface area (Å²) >= 11 is 0. The molecule has 6 rings (SSSR count). The van der Waals surface area contributed by atoms with E-state index in [9.17, 15) is 0 Å². The lowest BCUT2D eigenvalue weighted by Crippen LogP contribution is -2.21. The van der Waals surface area contributed by atoms with Crippen molar-refractivity contribution in [3.05, 3.63) is 72.6 Å². The van der Waals surface area contributed by atoms with E-state index in [4.69, 9.17) is 12.3 Å². The average molecular weight is 374 g/mol. The number of rotatable bonds is 2. The zero-order valence-electron chi connectivity index (χ0n) is 16.1.